The number of nitrogen functional groups attached to an aromatic ring is 1. The minimum Gasteiger partial charge on any atom is -0.399 e. The number of amides is 1. The molecule has 112 valence electrons. The maximum Gasteiger partial charge on any atom is 0.224 e. The first kappa shape index (κ1) is 15.7. The summed E-state index contributed by atoms with van der Waals surface area (Å²) in [6, 6.07) is 3.11. The highest BCUT2D eigenvalue weighted by molar-refractivity contribution is 6.40. The summed E-state index contributed by atoms with van der Waals surface area (Å²) in [6.07, 6.45) is 4.70. The van der Waals surface area contributed by atoms with Crippen LogP contribution >= 0.6 is 23.2 Å². The van der Waals surface area contributed by atoms with Gasteiger partial charge >= 0.3 is 0 Å². The van der Waals surface area contributed by atoms with Crippen molar-refractivity contribution in [3.8, 4) is 0 Å². The Morgan fingerprint density at radius 1 is 1.38 bits per heavy atom. The zero-order valence-electron chi connectivity index (χ0n) is 11.6. The monoisotopic (exact) mass is 326 g/mol. The van der Waals surface area contributed by atoms with Crippen LogP contribution in [-0.4, -0.2) is 15.5 Å². The molecular formula is C14H16Cl2N4O. The van der Waals surface area contributed by atoms with E-state index in [0.29, 0.717) is 34.3 Å². The van der Waals surface area contributed by atoms with Crippen molar-refractivity contribution in [2.75, 3.05) is 11.1 Å². The van der Waals surface area contributed by atoms with Crippen LogP contribution in [0.1, 0.15) is 18.7 Å². The molecule has 1 aromatic carbocycles. The molecule has 0 aliphatic rings. The van der Waals surface area contributed by atoms with Crippen molar-refractivity contribution in [3.05, 3.63) is 40.4 Å². The first-order chi connectivity index (χ1) is 9.97. The summed E-state index contributed by atoms with van der Waals surface area (Å²) in [5.74, 6) is 0.793. The molecule has 0 aliphatic carbocycles. The largest absolute Gasteiger partial charge is 0.399 e. The van der Waals surface area contributed by atoms with Crippen molar-refractivity contribution in [3.63, 3.8) is 0 Å². The van der Waals surface area contributed by atoms with Crippen molar-refractivity contribution in [1.29, 1.82) is 0 Å². The number of benzene rings is 1. The Balaban J connectivity index is 1.89. The third-order valence-electron chi connectivity index (χ3n) is 3.06. The van der Waals surface area contributed by atoms with E-state index in [0.717, 1.165) is 12.4 Å². The average molecular weight is 327 g/mol. The molecule has 7 heteroatoms. The molecule has 2 rings (SSSR count). The van der Waals surface area contributed by atoms with Crippen molar-refractivity contribution >= 4 is 40.5 Å². The Morgan fingerprint density at radius 3 is 2.62 bits per heavy atom. The van der Waals surface area contributed by atoms with E-state index in [1.54, 1.807) is 18.3 Å². The average Bonchev–Trinajstić information content (AvgIpc) is 2.80. The SMILES string of the molecule is Cc1nccn1CCCC(=O)Nc1c(Cl)cc(N)cc1Cl. The van der Waals surface area contributed by atoms with Gasteiger partial charge in [-0.25, -0.2) is 4.98 Å². The van der Waals surface area contributed by atoms with Crippen molar-refractivity contribution in [2.24, 2.45) is 0 Å². The number of imidazole rings is 1. The van der Waals surface area contributed by atoms with Crippen LogP contribution in [0.25, 0.3) is 0 Å². The van der Waals surface area contributed by atoms with Gasteiger partial charge in [0.1, 0.15) is 5.82 Å². The van der Waals surface area contributed by atoms with Gasteiger partial charge < -0.3 is 15.6 Å². The van der Waals surface area contributed by atoms with Crippen molar-refractivity contribution in [1.82, 2.24) is 9.55 Å². The molecule has 0 atom stereocenters. The highest BCUT2D eigenvalue weighted by Crippen LogP contribution is 2.32. The van der Waals surface area contributed by atoms with E-state index < -0.39 is 0 Å². The van der Waals surface area contributed by atoms with Gasteiger partial charge in [0.2, 0.25) is 5.91 Å². The van der Waals surface area contributed by atoms with Crippen LogP contribution in [-0.2, 0) is 11.3 Å². The number of nitrogens with zero attached hydrogens (tertiary/aromatic N) is 2. The molecule has 0 spiro atoms. The Labute approximate surface area is 133 Å². The number of carbonyl (C=O) groups is 1. The van der Waals surface area contributed by atoms with Crippen molar-refractivity contribution in [2.45, 2.75) is 26.3 Å². The summed E-state index contributed by atoms with van der Waals surface area (Å²) in [5.41, 5.74) is 6.47. The van der Waals surface area contributed by atoms with Gasteiger partial charge in [-0.15, -0.1) is 0 Å². The number of carbonyl (C=O) groups excluding carboxylic acids is 1. The van der Waals surface area contributed by atoms with E-state index in [9.17, 15) is 4.79 Å². The second-order valence-electron chi connectivity index (χ2n) is 4.68. The maximum atomic E-state index is 11.9. The summed E-state index contributed by atoms with van der Waals surface area (Å²) >= 11 is 12.0. The van der Waals surface area contributed by atoms with Gasteiger partial charge in [-0.1, -0.05) is 23.2 Å². The molecule has 1 amide bonds. The predicted molar refractivity (Wildman–Crippen MR) is 85.7 cm³/mol. The van der Waals surface area contributed by atoms with E-state index in [-0.39, 0.29) is 5.91 Å². The molecule has 3 N–H and O–H groups in total. The van der Waals surface area contributed by atoms with E-state index in [1.807, 2.05) is 17.7 Å². The van der Waals surface area contributed by atoms with Gasteiger partial charge in [-0.2, -0.15) is 0 Å². The Kier molecular flexibility index (Phi) is 5.09. The van der Waals surface area contributed by atoms with Gasteiger partial charge in [-0.05, 0) is 25.5 Å². The van der Waals surface area contributed by atoms with Crippen LogP contribution in [0.5, 0.6) is 0 Å². The number of aromatic nitrogens is 2. The molecule has 1 heterocycles. The van der Waals surface area contributed by atoms with E-state index in [2.05, 4.69) is 10.3 Å². The summed E-state index contributed by atoms with van der Waals surface area (Å²) in [7, 11) is 0. The molecule has 0 saturated carbocycles. The molecule has 0 radical (unpaired) electrons. The smallest absolute Gasteiger partial charge is 0.224 e. The van der Waals surface area contributed by atoms with Gasteiger partial charge in [0.25, 0.3) is 0 Å². The van der Waals surface area contributed by atoms with Gasteiger partial charge in [0.05, 0.1) is 15.7 Å². The van der Waals surface area contributed by atoms with Crippen LogP contribution in [0.2, 0.25) is 10.0 Å². The molecular weight excluding hydrogens is 311 g/mol. The lowest BCUT2D eigenvalue weighted by molar-refractivity contribution is -0.116. The van der Waals surface area contributed by atoms with Crippen LogP contribution in [0, 0.1) is 6.92 Å². The fourth-order valence-corrected chi connectivity index (χ4v) is 2.56. The highest BCUT2D eigenvalue weighted by Gasteiger charge is 2.11. The fraction of sp³-hybridized carbons (Fsp3) is 0.286. The van der Waals surface area contributed by atoms with E-state index >= 15 is 0 Å². The van der Waals surface area contributed by atoms with Gasteiger partial charge in [0, 0.05) is 31.0 Å². The maximum absolute atomic E-state index is 11.9. The first-order valence-electron chi connectivity index (χ1n) is 6.49. The number of halogens is 2. The Bertz CT molecular complexity index is 631. The van der Waals surface area contributed by atoms with Crippen LogP contribution in [0.3, 0.4) is 0 Å². The number of aryl methyl sites for hydroxylation is 2. The van der Waals surface area contributed by atoms with Crippen LogP contribution < -0.4 is 11.1 Å². The summed E-state index contributed by atoms with van der Waals surface area (Å²) < 4.78 is 2.00. The quantitative estimate of drug-likeness (QED) is 0.826. The fourth-order valence-electron chi connectivity index (χ4n) is 1.96. The lowest BCUT2D eigenvalue weighted by Gasteiger charge is -2.10. The number of anilines is 2. The minimum absolute atomic E-state index is 0.138. The lowest BCUT2D eigenvalue weighted by atomic mass is 10.2. The zero-order valence-corrected chi connectivity index (χ0v) is 13.1. The standard InChI is InChI=1S/C14H16Cl2N4O/c1-9-18-4-6-20(9)5-2-3-13(21)19-14-11(15)7-10(17)8-12(14)16/h4,6-8H,2-3,5,17H2,1H3,(H,19,21). The third kappa shape index (κ3) is 4.12. The normalized spacial score (nSPS) is 10.6. The highest BCUT2D eigenvalue weighted by atomic mass is 35.5. The Hall–Kier alpha value is -1.72. The van der Waals surface area contributed by atoms with Gasteiger partial charge in [0.15, 0.2) is 0 Å². The first-order valence-corrected chi connectivity index (χ1v) is 7.25. The van der Waals surface area contributed by atoms with Crippen LogP contribution in [0.4, 0.5) is 11.4 Å². The summed E-state index contributed by atoms with van der Waals surface area (Å²) in [5, 5.41) is 3.38. The Morgan fingerprint density at radius 2 is 2.05 bits per heavy atom. The zero-order chi connectivity index (χ0) is 15.4. The van der Waals surface area contributed by atoms with Crippen molar-refractivity contribution < 1.29 is 4.79 Å². The van der Waals surface area contributed by atoms with E-state index in [1.165, 1.54) is 0 Å². The number of nitrogens with two attached hydrogens (primary N) is 1. The molecule has 0 unspecified atom stereocenters. The summed E-state index contributed by atoms with van der Waals surface area (Å²) in [4.78, 5) is 16.1. The number of rotatable bonds is 5. The second kappa shape index (κ2) is 6.83. The minimum atomic E-state index is -0.138. The number of hydrogen-bond acceptors (Lipinski definition) is 3. The molecule has 21 heavy (non-hydrogen) atoms. The van der Waals surface area contributed by atoms with Crippen LogP contribution in [0.15, 0.2) is 24.5 Å². The van der Waals surface area contributed by atoms with Gasteiger partial charge in [-0.3, -0.25) is 4.79 Å². The molecule has 5 nitrogen and oxygen atoms in total. The lowest BCUT2D eigenvalue weighted by Crippen LogP contribution is -2.13. The number of nitrogens with one attached hydrogen (secondary N) is 1. The molecule has 1 aromatic heterocycles. The second-order valence-corrected chi connectivity index (χ2v) is 5.49. The molecule has 2 aromatic rings. The molecule has 0 bridgehead atoms. The molecule has 0 aliphatic heterocycles. The molecule has 0 saturated heterocycles. The topological polar surface area (TPSA) is 72.9 Å². The predicted octanol–water partition coefficient (Wildman–Crippen LogP) is 3.50. The molecule has 0 fully saturated rings. The number of hydrogen-bond donors (Lipinski definition) is 2. The summed E-state index contributed by atoms with van der Waals surface area (Å²) in [6.45, 7) is 2.66. The third-order valence-corrected chi connectivity index (χ3v) is 3.65. The van der Waals surface area contributed by atoms with E-state index in [4.69, 9.17) is 28.9 Å².